The van der Waals surface area contributed by atoms with Gasteiger partial charge in [0.15, 0.2) is 5.11 Å². The molecule has 0 spiro atoms. The van der Waals surface area contributed by atoms with Crippen LogP contribution in [0.4, 0.5) is 17.1 Å². The molecule has 3 rings (SSSR count). The van der Waals surface area contributed by atoms with Gasteiger partial charge in [-0.25, -0.2) is 4.79 Å². The van der Waals surface area contributed by atoms with E-state index < -0.39 is 10.5 Å². The van der Waals surface area contributed by atoms with Crippen LogP contribution in [-0.2, 0) is 0 Å². The third-order valence-corrected chi connectivity index (χ3v) is 4.13. The van der Waals surface area contributed by atoms with Crippen molar-refractivity contribution in [2.45, 2.75) is 6.92 Å². The van der Waals surface area contributed by atoms with Crippen LogP contribution in [0.25, 0.3) is 11.0 Å². The Kier molecular flexibility index (Phi) is 4.88. The number of nitro groups is 1. The number of thiocarbonyl (C=S) groups is 1. The summed E-state index contributed by atoms with van der Waals surface area (Å²) in [5.41, 5.74) is 1.62. The quantitative estimate of drug-likeness (QED) is 0.295. The monoisotopic (exact) mass is 389 g/mol. The van der Waals surface area contributed by atoms with Crippen molar-refractivity contribution in [3.63, 3.8) is 0 Å². The molecule has 0 saturated carbocycles. The Morgan fingerprint density at radius 3 is 2.50 bits per heavy atom. The maximum Gasteiger partial charge on any atom is 0.336 e. The van der Waals surface area contributed by atoms with Gasteiger partial charge in [0, 0.05) is 35.0 Å². The Morgan fingerprint density at radius 1 is 1.15 bits per heavy atom. The summed E-state index contributed by atoms with van der Waals surface area (Å²) >= 11 is 11.0. The molecule has 1 heterocycles. The van der Waals surface area contributed by atoms with Crippen molar-refractivity contribution in [2.75, 3.05) is 10.6 Å². The van der Waals surface area contributed by atoms with Crippen molar-refractivity contribution in [2.24, 2.45) is 0 Å². The molecule has 0 aliphatic carbocycles. The minimum Gasteiger partial charge on any atom is -0.423 e. The molecule has 26 heavy (non-hydrogen) atoms. The van der Waals surface area contributed by atoms with Gasteiger partial charge in [-0.1, -0.05) is 11.6 Å². The van der Waals surface area contributed by atoms with Gasteiger partial charge in [0.25, 0.3) is 5.69 Å². The predicted molar refractivity (Wildman–Crippen MR) is 105 cm³/mol. The lowest BCUT2D eigenvalue weighted by Gasteiger charge is -2.11. The smallest absolute Gasteiger partial charge is 0.336 e. The summed E-state index contributed by atoms with van der Waals surface area (Å²) < 4.78 is 5.19. The minimum atomic E-state index is -0.572. The minimum absolute atomic E-state index is 0.0411. The number of aryl methyl sites for hydroxylation is 1. The Bertz CT molecular complexity index is 1100. The molecule has 0 aliphatic rings. The fourth-order valence-corrected chi connectivity index (χ4v) is 2.85. The first-order chi connectivity index (χ1) is 12.3. The van der Waals surface area contributed by atoms with E-state index >= 15 is 0 Å². The number of hydrogen-bond donors (Lipinski definition) is 2. The molecular weight excluding hydrogens is 378 g/mol. The van der Waals surface area contributed by atoms with Crippen LogP contribution in [0.5, 0.6) is 0 Å². The molecule has 0 radical (unpaired) electrons. The van der Waals surface area contributed by atoms with Gasteiger partial charge in [-0.15, -0.1) is 0 Å². The summed E-state index contributed by atoms with van der Waals surface area (Å²) in [5.74, 6) is 0. The Balaban J connectivity index is 1.80. The normalized spacial score (nSPS) is 10.5. The topological polar surface area (TPSA) is 97.4 Å². The molecule has 3 aromatic rings. The van der Waals surface area contributed by atoms with Crippen molar-refractivity contribution < 1.29 is 9.34 Å². The lowest BCUT2D eigenvalue weighted by Crippen LogP contribution is -2.19. The van der Waals surface area contributed by atoms with E-state index in [4.69, 9.17) is 28.2 Å². The molecule has 0 bridgehead atoms. The van der Waals surface area contributed by atoms with Crippen molar-refractivity contribution in [1.29, 1.82) is 0 Å². The maximum atomic E-state index is 11.5. The van der Waals surface area contributed by atoms with E-state index in [9.17, 15) is 14.9 Å². The lowest BCUT2D eigenvalue weighted by atomic mass is 10.1. The number of hydrogen-bond acceptors (Lipinski definition) is 5. The van der Waals surface area contributed by atoms with Crippen LogP contribution in [0.1, 0.15) is 5.56 Å². The van der Waals surface area contributed by atoms with E-state index in [1.165, 1.54) is 18.2 Å². The fraction of sp³-hybridized carbons (Fsp3) is 0.0588. The highest BCUT2D eigenvalue weighted by Crippen LogP contribution is 2.27. The van der Waals surface area contributed by atoms with Crippen LogP contribution in [0.15, 0.2) is 51.7 Å². The first kappa shape index (κ1) is 17.8. The van der Waals surface area contributed by atoms with E-state index in [1.54, 1.807) is 18.2 Å². The standard InChI is InChI=1S/C17H12ClN3O4S/c1-9-6-16(22)25-15-8-11(2-4-12(9)15)20-17(26)19-10-3-5-13(18)14(7-10)21(23)24/h2-8H,1H3,(H2,19,20,26). The van der Waals surface area contributed by atoms with Crippen LogP contribution in [-0.4, -0.2) is 10.0 Å². The number of nitro benzene ring substituents is 1. The van der Waals surface area contributed by atoms with Gasteiger partial charge >= 0.3 is 5.63 Å². The molecule has 2 aromatic carbocycles. The van der Waals surface area contributed by atoms with Crippen molar-refractivity contribution >= 4 is 57.0 Å². The highest BCUT2D eigenvalue weighted by atomic mass is 35.5. The van der Waals surface area contributed by atoms with Crippen molar-refractivity contribution in [3.8, 4) is 0 Å². The van der Waals surface area contributed by atoms with Crippen LogP contribution in [0, 0.1) is 17.0 Å². The molecule has 0 atom stereocenters. The maximum absolute atomic E-state index is 11.5. The van der Waals surface area contributed by atoms with E-state index in [-0.39, 0.29) is 15.8 Å². The molecule has 0 unspecified atom stereocenters. The average molecular weight is 390 g/mol. The Morgan fingerprint density at radius 2 is 1.81 bits per heavy atom. The molecule has 0 aliphatic heterocycles. The molecule has 9 heteroatoms. The van der Waals surface area contributed by atoms with Gasteiger partial charge in [0.1, 0.15) is 10.6 Å². The highest BCUT2D eigenvalue weighted by Gasteiger charge is 2.13. The van der Waals surface area contributed by atoms with Crippen molar-refractivity contribution in [1.82, 2.24) is 0 Å². The third kappa shape index (κ3) is 3.81. The van der Waals surface area contributed by atoms with E-state index in [1.807, 2.05) is 13.0 Å². The second kappa shape index (κ2) is 7.11. The molecule has 0 amide bonds. The van der Waals surface area contributed by atoms with Gasteiger partial charge in [-0.05, 0) is 49.0 Å². The van der Waals surface area contributed by atoms with E-state index in [0.717, 1.165) is 10.9 Å². The number of nitrogens with one attached hydrogen (secondary N) is 2. The zero-order chi connectivity index (χ0) is 18.8. The number of benzene rings is 2. The number of halogens is 1. The molecule has 1 aromatic heterocycles. The predicted octanol–water partition coefficient (Wildman–Crippen LogP) is 4.47. The van der Waals surface area contributed by atoms with Gasteiger partial charge in [-0.2, -0.15) is 0 Å². The van der Waals surface area contributed by atoms with E-state index in [2.05, 4.69) is 10.6 Å². The van der Waals surface area contributed by atoms with Gasteiger partial charge in [0.2, 0.25) is 0 Å². The summed E-state index contributed by atoms with van der Waals surface area (Å²) in [7, 11) is 0. The summed E-state index contributed by atoms with van der Waals surface area (Å²) in [4.78, 5) is 21.9. The zero-order valence-corrected chi connectivity index (χ0v) is 15.0. The summed E-state index contributed by atoms with van der Waals surface area (Å²) in [5, 5.41) is 17.8. The largest absolute Gasteiger partial charge is 0.423 e. The first-order valence-electron chi connectivity index (χ1n) is 7.40. The summed E-state index contributed by atoms with van der Waals surface area (Å²) in [6, 6.07) is 11.0. The van der Waals surface area contributed by atoms with Crippen LogP contribution in [0.2, 0.25) is 5.02 Å². The average Bonchev–Trinajstić information content (AvgIpc) is 2.55. The summed E-state index contributed by atoms with van der Waals surface area (Å²) in [6.45, 7) is 1.83. The van der Waals surface area contributed by atoms with Crippen molar-refractivity contribution in [3.05, 3.63) is 73.6 Å². The highest BCUT2D eigenvalue weighted by molar-refractivity contribution is 7.80. The Hall–Kier alpha value is -2.97. The SMILES string of the molecule is Cc1cc(=O)oc2cc(NC(=S)Nc3ccc(Cl)c([N+](=O)[O-])c3)ccc12. The van der Waals surface area contributed by atoms with Crippen LogP contribution < -0.4 is 16.3 Å². The molecule has 2 N–H and O–H groups in total. The number of nitrogens with zero attached hydrogens (tertiary/aromatic N) is 1. The van der Waals surface area contributed by atoms with Gasteiger partial charge in [-0.3, -0.25) is 10.1 Å². The second-order valence-corrected chi connectivity index (χ2v) is 6.28. The van der Waals surface area contributed by atoms with E-state index in [0.29, 0.717) is 17.0 Å². The molecule has 132 valence electrons. The number of fused-ring (bicyclic) bond motifs is 1. The first-order valence-corrected chi connectivity index (χ1v) is 8.18. The number of anilines is 2. The number of rotatable bonds is 3. The molecule has 0 saturated heterocycles. The molecule has 7 nitrogen and oxygen atoms in total. The van der Waals surface area contributed by atoms with Crippen LogP contribution >= 0.6 is 23.8 Å². The van der Waals surface area contributed by atoms with Gasteiger partial charge in [0.05, 0.1) is 4.92 Å². The molecular formula is C17H12ClN3O4S. The molecule has 0 fully saturated rings. The second-order valence-electron chi connectivity index (χ2n) is 5.46. The van der Waals surface area contributed by atoms with Gasteiger partial charge < -0.3 is 15.1 Å². The fourth-order valence-electron chi connectivity index (χ4n) is 2.43. The Labute approximate surface area is 157 Å². The third-order valence-electron chi connectivity index (χ3n) is 3.61. The lowest BCUT2D eigenvalue weighted by molar-refractivity contribution is -0.384. The van der Waals surface area contributed by atoms with Crippen LogP contribution in [0.3, 0.4) is 0 Å². The summed E-state index contributed by atoms with van der Waals surface area (Å²) in [6.07, 6.45) is 0. The zero-order valence-electron chi connectivity index (χ0n) is 13.4.